The first kappa shape index (κ1) is 113. The second-order valence-electron chi connectivity index (χ2n) is 4.61. The molecular formula is C10H41N3Na8O16. The number of rotatable bonds is 10. The summed E-state index contributed by atoms with van der Waals surface area (Å²) in [7, 11) is 0. The molecule has 0 aliphatic carbocycles. The van der Waals surface area contributed by atoms with Crippen LogP contribution in [0.5, 0.6) is 0 Å². The topological polar surface area (TPSA) is 456 Å². The van der Waals surface area contributed by atoms with Crippen molar-refractivity contribution < 1.29 is 88.1 Å². The van der Waals surface area contributed by atoms with Crippen LogP contribution in [0.15, 0.2) is 0 Å². The molecular weight excluding hydrogens is 602 g/mol. The third kappa shape index (κ3) is 46.0. The van der Waals surface area contributed by atoms with Gasteiger partial charge in [0, 0.05) is 6.42 Å². The Morgan fingerprint density at radius 1 is 0.595 bits per heavy atom. The van der Waals surface area contributed by atoms with Crippen LogP contribution in [-0.4, -0.2) is 336 Å². The fourth-order valence-electron chi connectivity index (χ4n) is 1.88. The molecule has 23 N–H and O–H groups in total. The maximum atomic E-state index is 11.3. The SMILES string of the molecule is N[N+](N)(CCCC(=O)O)C(CC(=O)O)(CC(=O)O)C(=O)[O-].O.O.O.O.O.O.O.O.[NaH].[NaH].[NaH].[NaH].[NaH].[NaH].[NaH].[NaH]. The van der Waals surface area contributed by atoms with Crippen LogP contribution in [0, 0.1) is 0 Å². The summed E-state index contributed by atoms with van der Waals surface area (Å²) in [5.74, 6) is 4.63. The van der Waals surface area contributed by atoms with E-state index in [4.69, 9.17) is 27.0 Å². The molecule has 19 nitrogen and oxygen atoms in total. The number of aliphatic carboxylic acids is 4. The van der Waals surface area contributed by atoms with Crippen molar-refractivity contribution in [3.63, 3.8) is 0 Å². The van der Waals surface area contributed by atoms with E-state index >= 15 is 0 Å². The van der Waals surface area contributed by atoms with Crippen molar-refractivity contribution in [2.24, 2.45) is 11.7 Å². The van der Waals surface area contributed by atoms with Crippen molar-refractivity contribution in [1.29, 1.82) is 0 Å². The number of nitrogens with zero attached hydrogens (tertiary/aromatic N) is 1. The monoisotopic (exact) mass is 643 g/mol. The molecule has 0 saturated carbocycles. The average molecular weight is 643 g/mol. The third-order valence-electron chi connectivity index (χ3n) is 2.98. The van der Waals surface area contributed by atoms with Gasteiger partial charge < -0.3 is 69.0 Å². The molecule has 0 fully saturated rings. The molecule has 27 heteroatoms. The summed E-state index contributed by atoms with van der Waals surface area (Å²) < 4.78 is -1.50. The number of hydrogen-bond donors (Lipinski definition) is 5. The second-order valence-corrected chi connectivity index (χ2v) is 4.61. The van der Waals surface area contributed by atoms with Gasteiger partial charge in [-0.3, -0.25) is 14.4 Å². The molecule has 0 amide bonds. The van der Waals surface area contributed by atoms with E-state index in [1.165, 1.54) is 0 Å². The molecule has 0 aliphatic rings. The summed E-state index contributed by atoms with van der Waals surface area (Å²) >= 11 is 0. The van der Waals surface area contributed by atoms with Crippen LogP contribution in [0.25, 0.3) is 0 Å². The summed E-state index contributed by atoms with van der Waals surface area (Å²) in [5, 5.41) is 37.4. The number of nitrogens with two attached hydrogens (primary N) is 2. The molecule has 0 unspecified atom stereocenters. The predicted octanol–water partition coefficient (Wildman–Crippen LogP) is -14.9. The van der Waals surface area contributed by atoms with Crippen molar-refractivity contribution in [3.8, 4) is 0 Å². The second kappa shape index (κ2) is 57.1. The Morgan fingerprint density at radius 2 is 0.838 bits per heavy atom. The normalized spacial score (nSPS) is 6.76. The van der Waals surface area contributed by atoms with Crippen LogP contribution in [0.2, 0.25) is 0 Å². The number of carbonyl (C=O) groups is 4. The zero-order chi connectivity index (χ0) is 16.8. The van der Waals surface area contributed by atoms with Crippen LogP contribution in [0.1, 0.15) is 25.7 Å². The fraction of sp³-hybridized carbons (Fsp3) is 0.600. The van der Waals surface area contributed by atoms with Gasteiger partial charge in [0.2, 0.25) is 0 Å². The van der Waals surface area contributed by atoms with Crippen molar-refractivity contribution in [2.75, 3.05) is 6.54 Å². The van der Waals surface area contributed by atoms with Gasteiger partial charge in [0.1, 0.15) is 25.4 Å². The van der Waals surface area contributed by atoms with E-state index in [0.717, 1.165) is 0 Å². The Balaban J connectivity index is -0.0000000167. The third-order valence-corrected chi connectivity index (χ3v) is 2.98. The Kier molecular flexibility index (Phi) is 174. The van der Waals surface area contributed by atoms with Crippen LogP contribution in [0.3, 0.4) is 0 Å². The minimum atomic E-state index is -2.61. The van der Waals surface area contributed by atoms with Gasteiger partial charge in [0.25, 0.3) is 0 Å². The van der Waals surface area contributed by atoms with E-state index in [1.54, 1.807) is 0 Å². The van der Waals surface area contributed by atoms with Gasteiger partial charge in [0.15, 0.2) is 5.54 Å². The molecule has 0 spiro atoms. The molecule has 0 heterocycles. The summed E-state index contributed by atoms with van der Waals surface area (Å²) in [5.41, 5.74) is -2.61. The standard InChI is InChI=1S/C10H17N3O8.8Na.8H2O.8H/c11-13(12,3-1-2-6(14)15)10(9(20)21,4-7(16)17)5-8(18)19;;;;;;;;;;;;;;;;;;;;;;;;/h1-5,11-12H2,(H3-,14,15,16,17,18,19,20,21);;;;;;;;;8*1H2;;;;;;;;. The van der Waals surface area contributed by atoms with Gasteiger partial charge in [0.05, 0.1) is 6.42 Å². The molecule has 0 bridgehead atoms. The van der Waals surface area contributed by atoms with E-state index in [1.807, 2.05) is 0 Å². The van der Waals surface area contributed by atoms with Gasteiger partial charge in [-0.1, -0.05) is 0 Å². The van der Waals surface area contributed by atoms with Crippen LogP contribution < -0.4 is 16.8 Å². The summed E-state index contributed by atoms with van der Waals surface area (Å²) in [4.78, 5) is 43.4. The van der Waals surface area contributed by atoms with Crippen molar-refractivity contribution in [2.45, 2.75) is 31.2 Å². The van der Waals surface area contributed by atoms with Gasteiger partial charge in [-0.2, -0.15) is 16.4 Å². The van der Waals surface area contributed by atoms with E-state index in [-0.39, 0.29) is 287 Å². The van der Waals surface area contributed by atoms with Gasteiger partial charge in [-0.05, 0) is 0 Å². The summed E-state index contributed by atoms with van der Waals surface area (Å²) in [6.07, 6.45) is -2.92. The summed E-state index contributed by atoms with van der Waals surface area (Å²) in [6, 6.07) is 0. The van der Waals surface area contributed by atoms with Gasteiger partial charge >= 0.3 is 254 Å². The Hall–Kier alpha value is 5.44. The predicted molar refractivity (Wildman–Crippen MR) is 149 cm³/mol. The molecule has 0 aromatic rings. The Morgan fingerprint density at radius 3 is 1.00 bits per heavy atom. The maximum absolute atomic E-state index is 11.3. The molecule has 0 saturated heterocycles. The van der Waals surface area contributed by atoms with Crippen LogP contribution in [0.4, 0.5) is 0 Å². The van der Waals surface area contributed by atoms with Crippen molar-refractivity contribution in [1.82, 2.24) is 0 Å². The van der Waals surface area contributed by atoms with Gasteiger partial charge in [-0.15, -0.1) is 0 Å². The zero-order valence-electron chi connectivity index (χ0n) is 15.0. The Labute approximate surface area is 390 Å². The number of carboxylic acid groups (broad SMARTS) is 4. The zero-order valence-corrected chi connectivity index (χ0v) is 15.0. The molecule has 0 aliphatic heterocycles. The van der Waals surface area contributed by atoms with E-state index in [0.29, 0.717) is 0 Å². The molecule has 0 aromatic heterocycles. The number of hydrogen-bond acceptors (Lipinski definition) is 7. The van der Waals surface area contributed by atoms with Crippen molar-refractivity contribution >= 4 is 260 Å². The molecule has 0 atom stereocenters. The molecule has 0 aromatic carbocycles. The van der Waals surface area contributed by atoms with E-state index in [9.17, 15) is 24.3 Å². The molecule has 37 heavy (non-hydrogen) atoms. The molecule has 0 rings (SSSR count). The molecule has 0 radical (unpaired) electrons. The molecule has 200 valence electrons. The number of carboxylic acids is 4. The van der Waals surface area contributed by atoms with Crippen LogP contribution in [-0.2, 0) is 19.2 Å². The quantitative estimate of drug-likeness (QED) is 0.0647. The number of quaternary nitrogens is 1. The van der Waals surface area contributed by atoms with Gasteiger partial charge in [-0.25, -0.2) is 0 Å². The van der Waals surface area contributed by atoms with E-state index < -0.39 is 59.9 Å². The van der Waals surface area contributed by atoms with Crippen LogP contribution >= 0.6 is 0 Å². The minimum absolute atomic E-state index is 0. The Bertz CT molecular complexity index is 468. The fourth-order valence-corrected chi connectivity index (χ4v) is 1.88. The first-order chi connectivity index (χ1) is 9.44. The summed E-state index contributed by atoms with van der Waals surface area (Å²) in [6.45, 7) is -0.458. The first-order valence-electron chi connectivity index (χ1n) is 5.77. The average Bonchev–Trinajstić information content (AvgIpc) is 2.24. The van der Waals surface area contributed by atoms with Crippen molar-refractivity contribution in [3.05, 3.63) is 0 Å². The number of carbonyl (C=O) groups excluding carboxylic acids is 1. The van der Waals surface area contributed by atoms with E-state index in [2.05, 4.69) is 0 Å². The first-order valence-corrected chi connectivity index (χ1v) is 5.77.